The lowest BCUT2D eigenvalue weighted by Gasteiger charge is -2.11. The first-order valence-electron chi connectivity index (χ1n) is 11.9. The van der Waals surface area contributed by atoms with E-state index in [1.165, 1.54) is 0 Å². The molecule has 182 valence electrons. The van der Waals surface area contributed by atoms with Gasteiger partial charge in [-0.2, -0.15) is 5.10 Å². The second kappa shape index (κ2) is 11.1. The van der Waals surface area contributed by atoms with E-state index in [0.717, 1.165) is 39.9 Å². The number of aromatic nitrogens is 2. The van der Waals surface area contributed by atoms with Crippen LogP contribution in [0.5, 0.6) is 0 Å². The van der Waals surface area contributed by atoms with Crippen molar-refractivity contribution in [1.82, 2.24) is 9.78 Å². The Morgan fingerprint density at radius 3 is 2.05 bits per heavy atom. The summed E-state index contributed by atoms with van der Waals surface area (Å²) in [4.78, 5) is 24.2. The Kier molecular flexibility index (Phi) is 7.24. The first-order chi connectivity index (χ1) is 18.1. The molecule has 0 radical (unpaired) electrons. The second-order valence-corrected chi connectivity index (χ2v) is 9.03. The summed E-state index contributed by atoms with van der Waals surface area (Å²) in [6.45, 7) is 0.508. The Morgan fingerprint density at radius 1 is 0.811 bits per heavy atom. The molecule has 1 heterocycles. The number of aldehydes is 1. The van der Waals surface area contributed by atoms with Gasteiger partial charge in [0.25, 0.3) is 5.91 Å². The van der Waals surface area contributed by atoms with Crippen molar-refractivity contribution in [1.29, 1.82) is 0 Å². The van der Waals surface area contributed by atoms with E-state index in [0.29, 0.717) is 22.8 Å². The molecule has 0 aliphatic rings. The van der Waals surface area contributed by atoms with Crippen LogP contribution in [-0.2, 0) is 17.8 Å². The molecule has 37 heavy (non-hydrogen) atoms. The number of halogens is 1. The molecule has 1 amide bonds. The standard InChI is InChI=1S/C31H24ClN3O2/c32-26-15-13-25(14-16-26)31(37)33-27-17-11-22(12-18-27)21-35-30(24-9-5-2-6-10-24)28(19-20-36)29(34-35)23-7-3-1-4-8-23/h1-18,20H,19,21H2,(H,33,37). The van der Waals surface area contributed by atoms with E-state index in [2.05, 4.69) is 5.32 Å². The van der Waals surface area contributed by atoms with Gasteiger partial charge in [-0.25, -0.2) is 0 Å². The Labute approximate surface area is 220 Å². The van der Waals surface area contributed by atoms with Crippen LogP contribution in [0.1, 0.15) is 21.5 Å². The quantitative estimate of drug-likeness (QED) is 0.233. The van der Waals surface area contributed by atoms with Crippen LogP contribution in [0.2, 0.25) is 5.02 Å². The highest BCUT2D eigenvalue weighted by atomic mass is 35.5. The van der Waals surface area contributed by atoms with Gasteiger partial charge in [0, 0.05) is 39.4 Å². The number of nitrogens with zero attached hydrogens (tertiary/aromatic N) is 2. The number of rotatable bonds is 8. The van der Waals surface area contributed by atoms with Gasteiger partial charge in [0.2, 0.25) is 0 Å². The maximum absolute atomic E-state index is 12.5. The summed E-state index contributed by atoms with van der Waals surface area (Å²) in [5.41, 5.74) is 6.84. The molecule has 0 aliphatic carbocycles. The second-order valence-electron chi connectivity index (χ2n) is 8.59. The SMILES string of the molecule is O=CCc1c(-c2ccccc2)nn(Cc2ccc(NC(=O)c3ccc(Cl)cc3)cc2)c1-c1ccccc1. The molecule has 5 rings (SSSR count). The van der Waals surface area contributed by atoms with Crippen molar-refractivity contribution < 1.29 is 9.59 Å². The highest BCUT2D eigenvalue weighted by Crippen LogP contribution is 2.33. The first-order valence-corrected chi connectivity index (χ1v) is 12.3. The molecular formula is C31H24ClN3O2. The zero-order valence-corrected chi connectivity index (χ0v) is 20.7. The molecule has 5 aromatic rings. The number of carbonyl (C=O) groups is 2. The molecule has 0 unspecified atom stereocenters. The molecule has 0 saturated carbocycles. The summed E-state index contributed by atoms with van der Waals surface area (Å²) in [6, 6.07) is 34.4. The minimum Gasteiger partial charge on any atom is -0.322 e. The molecule has 0 bridgehead atoms. The van der Waals surface area contributed by atoms with Crippen LogP contribution < -0.4 is 5.32 Å². The molecule has 0 fully saturated rings. The zero-order chi connectivity index (χ0) is 25.6. The average Bonchev–Trinajstić information content (AvgIpc) is 3.29. The van der Waals surface area contributed by atoms with E-state index in [1.807, 2.05) is 89.6 Å². The predicted molar refractivity (Wildman–Crippen MR) is 148 cm³/mol. The van der Waals surface area contributed by atoms with Crippen LogP contribution in [0.15, 0.2) is 109 Å². The summed E-state index contributed by atoms with van der Waals surface area (Å²) in [7, 11) is 0. The van der Waals surface area contributed by atoms with Gasteiger partial charge in [-0.1, -0.05) is 84.4 Å². The molecule has 0 saturated heterocycles. The average molecular weight is 506 g/mol. The lowest BCUT2D eigenvalue weighted by molar-refractivity contribution is -0.107. The molecule has 0 atom stereocenters. The number of hydrogen-bond acceptors (Lipinski definition) is 3. The number of amides is 1. The van der Waals surface area contributed by atoms with Crippen molar-refractivity contribution in [2.75, 3.05) is 5.32 Å². The van der Waals surface area contributed by atoms with Gasteiger partial charge in [-0.05, 0) is 42.0 Å². The highest BCUT2D eigenvalue weighted by Gasteiger charge is 2.20. The fraction of sp³-hybridized carbons (Fsp3) is 0.0645. The normalized spacial score (nSPS) is 10.7. The van der Waals surface area contributed by atoms with Gasteiger partial charge in [0.05, 0.1) is 17.9 Å². The number of nitrogens with one attached hydrogen (secondary N) is 1. The van der Waals surface area contributed by atoms with E-state index in [4.69, 9.17) is 16.7 Å². The topological polar surface area (TPSA) is 64.0 Å². The van der Waals surface area contributed by atoms with Crippen molar-refractivity contribution in [3.63, 3.8) is 0 Å². The molecule has 1 N–H and O–H groups in total. The van der Waals surface area contributed by atoms with Crippen LogP contribution in [0.4, 0.5) is 5.69 Å². The largest absolute Gasteiger partial charge is 0.322 e. The minimum absolute atomic E-state index is 0.200. The smallest absolute Gasteiger partial charge is 0.255 e. The van der Waals surface area contributed by atoms with Crippen LogP contribution in [0, 0.1) is 0 Å². The third-order valence-electron chi connectivity index (χ3n) is 6.08. The maximum atomic E-state index is 12.5. The van der Waals surface area contributed by atoms with Crippen LogP contribution >= 0.6 is 11.6 Å². The van der Waals surface area contributed by atoms with E-state index >= 15 is 0 Å². The third kappa shape index (κ3) is 5.52. The summed E-state index contributed by atoms with van der Waals surface area (Å²) < 4.78 is 1.96. The van der Waals surface area contributed by atoms with Crippen LogP contribution in [0.25, 0.3) is 22.5 Å². The summed E-state index contributed by atoms with van der Waals surface area (Å²) in [5.74, 6) is -0.200. The number of anilines is 1. The van der Waals surface area contributed by atoms with Crippen LogP contribution in [-0.4, -0.2) is 22.0 Å². The van der Waals surface area contributed by atoms with E-state index in [9.17, 15) is 9.59 Å². The number of carbonyl (C=O) groups excluding carboxylic acids is 2. The molecule has 0 aliphatic heterocycles. The lowest BCUT2D eigenvalue weighted by Crippen LogP contribution is -2.11. The van der Waals surface area contributed by atoms with Gasteiger partial charge in [-0.15, -0.1) is 0 Å². The lowest BCUT2D eigenvalue weighted by atomic mass is 10.00. The Morgan fingerprint density at radius 2 is 1.43 bits per heavy atom. The Hall–Kier alpha value is -4.48. The Bertz CT molecular complexity index is 1510. The minimum atomic E-state index is -0.200. The highest BCUT2D eigenvalue weighted by molar-refractivity contribution is 6.30. The fourth-order valence-electron chi connectivity index (χ4n) is 4.31. The van der Waals surface area contributed by atoms with Gasteiger partial charge >= 0.3 is 0 Å². The molecule has 0 spiro atoms. The van der Waals surface area contributed by atoms with Gasteiger partial charge < -0.3 is 10.1 Å². The third-order valence-corrected chi connectivity index (χ3v) is 6.33. The van der Waals surface area contributed by atoms with Crippen molar-refractivity contribution in [3.05, 3.63) is 131 Å². The molecule has 6 heteroatoms. The summed E-state index contributed by atoms with van der Waals surface area (Å²) in [6.07, 6.45) is 1.20. The molecule has 4 aromatic carbocycles. The van der Waals surface area contributed by atoms with Gasteiger partial charge in [-0.3, -0.25) is 9.48 Å². The van der Waals surface area contributed by atoms with Crippen molar-refractivity contribution in [3.8, 4) is 22.5 Å². The molecular weight excluding hydrogens is 482 g/mol. The van der Waals surface area contributed by atoms with Crippen LogP contribution in [0.3, 0.4) is 0 Å². The van der Waals surface area contributed by atoms with Gasteiger partial charge in [0.1, 0.15) is 6.29 Å². The van der Waals surface area contributed by atoms with Crippen molar-refractivity contribution >= 4 is 29.5 Å². The first kappa shape index (κ1) is 24.2. The summed E-state index contributed by atoms with van der Waals surface area (Å²) in [5, 5.41) is 8.46. The Balaban J connectivity index is 1.46. The summed E-state index contributed by atoms with van der Waals surface area (Å²) >= 11 is 5.92. The van der Waals surface area contributed by atoms with E-state index in [1.54, 1.807) is 24.3 Å². The number of hydrogen-bond donors (Lipinski definition) is 1. The maximum Gasteiger partial charge on any atom is 0.255 e. The fourth-order valence-corrected chi connectivity index (χ4v) is 4.43. The number of benzene rings is 4. The monoisotopic (exact) mass is 505 g/mol. The van der Waals surface area contributed by atoms with Crippen molar-refractivity contribution in [2.45, 2.75) is 13.0 Å². The van der Waals surface area contributed by atoms with E-state index in [-0.39, 0.29) is 12.3 Å². The zero-order valence-electron chi connectivity index (χ0n) is 20.0. The molecule has 5 nitrogen and oxygen atoms in total. The van der Waals surface area contributed by atoms with E-state index < -0.39 is 0 Å². The van der Waals surface area contributed by atoms with Crippen molar-refractivity contribution in [2.24, 2.45) is 0 Å². The molecule has 1 aromatic heterocycles. The van der Waals surface area contributed by atoms with Gasteiger partial charge in [0.15, 0.2) is 0 Å². The predicted octanol–water partition coefficient (Wildman–Crippen LogP) is 6.91.